The van der Waals surface area contributed by atoms with Crippen molar-refractivity contribution in [1.29, 1.82) is 0 Å². The number of allylic oxidation sites excluding steroid dienone is 4. The molecular formula is C20H17FN2O5. The first-order valence-electron chi connectivity index (χ1n) is 8.45. The van der Waals surface area contributed by atoms with Crippen LogP contribution in [0.5, 0.6) is 5.75 Å². The van der Waals surface area contributed by atoms with Crippen LogP contribution in [0.15, 0.2) is 60.3 Å². The molecule has 3 rings (SSSR count). The topological polar surface area (TPSA) is 113 Å². The minimum absolute atomic E-state index is 0.0295. The maximum atomic E-state index is 13.6. The Labute approximate surface area is 159 Å². The molecule has 0 bridgehead atoms. The van der Waals surface area contributed by atoms with Crippen molar-refractivity contribution >= 4 is 17.2 Å². The lowest BCUT2D eigenvalue weighted by atomic mass is 9.96. The van der Waals surface area contributed by atoms with E-state index in [4.69, 9.17) is 5.11 Å². The van der Waals surface area contributed by atoms with E-state index in [-0.39, 0.29) is 17.7 Å². The molecule has 2 aromatic carbocycles. The van der Waals surface area contributed by atoms with Crippen molar-refractivity contribution in [2.75, 3.05) is 5.32 Å². The van der Waals surface area contributed by atoms with Gasteiger partial charge in [0.15, 0.2) is 6.17 Å². The summed E-state index contributed by atoms with van der Waals surface area (Å²) in [5, 5.41) is 32.5. The molecule has 0 fully saturated rings. The number of alkyl halides is 1. The molecule has 0 spiro atoms. The van der Waals surface area contributed by atoms with E-state index in [1.807, 2.05) is 12.1 Å². The van der Waals surface area contributed by atoms with Gasteiger partial charge in [0.2, 0.25) is 0 Å². The summed E-state index contributed by atoms with van der Waals surface area (Å²) in [6.45, 7) is 0.408. The SMILES string of the molecule is O=C(O)c1cc(NCc2ccc(C3=CCC(F)C([N+](=O)[O-])=C3)cc2)ccc1O. The highest BCUT2D eigenvalue weighted by molar-refractivity contribution is 5.92. The van der Waals surface area contributed by atoms with Crippen LogP contribution in [0.3, 0.4) is 0 Å². The van der Waals surface area contributed by atoms with E-state index in [2.05, 4.69) is 5.32 Å². The monoisotopic (exact) mass is 384 g/mol. The summed E-state index contributed by atoms with van der Waals surface area (Å²) in [5.41, 5.74) is 2.15. The highest BCUT2D eigenvalue weighted by atomic mass is 19.1. The fraction of sp³-hybridized carbons (Fsp3) is 0.150. The summed E-state index contributed by atoms with van der Waals surface area (Å²) < 4.78 is 13.6. The minimum atomic E-state index is -1.59. The second kappa shape index (κ2) is 7.91. The number of halogens is 1. The lowest BCUT2D eigenvalue weighted by molar-refractivity contribution is -0.433. The Balaban J connectivity index is 1.70. The first-order valence-corrected chi connectivity index (χ1v) is 8.45. The van der Waals surface area contributed by atoms with Crippen molar-refractivity contribution in [2.45, 2.75) is 19.1 Å². The fourth-order valence-electron chi connectivity index (χ4n) is 2.86. The van der Waals surface area contributed by atoms with Crippen LogP contribution in [-0.2, 0) is 6.54 Å². The number of aromatic carboxylic acids is 1. The smallest absolute Gasteiger partial charge is 0.339 e. The van der Waals surface area contributed by atoms with Crippen LogP contribution < -0.4 is 5.32 Å². The Kier molecular flexibility index (Phi) is 5.39. The van der Waals surface area contributed by atoms with Crippen molar-refractivity contribution < 1.29 is 24.3 Å². The number of nitrogens with one attached hydrogen (secondary N) is 1. The molecule has 1 unspecified atom stereocenters. The molecule has 0 saturated carbocycles. The number of aromatic hydroxyl groups is 1. The molecule has 1 aliphatic rings. The Morgan fingerprint density at radius 1 is 1.25 bits per heavy atom. The maximum Gasteiger partial charge on any atom is 0.339 e. The number of hydrogen-bond acceptors (Lipinski definition) is 5. The summed E-state index contributed by atoms with van der Waals surface area (Å²) in [5.74, 6) is -1.52. The number of benzene rings is 2. The first kappa shape index (κ1) is 19.1. The van der Waals surface area contributed by atoms with Gasteiger partial charge in [-0.3, -0.25) is 10.1 Å². The van der Waals surface area contributed by atoms with Crippen LogP contribution in [0.25, 0.3) is 5.57 Å². The van der Waals surface area contributed by atoms with Gasteiger partial charge in [0.05, 0.1) is 4.92 Å². The molecule has 144 valence electrons. The average Bonchev–Trinajstić information content (AvgIpc) is 2.67. The van der Waals surface area contributed by atoms with Crippen molar-refractivity contribution in [2.24, 2.45) is 0 Å². The van der Waals surface area contributed by atoms with Crippen LogP contribution in [-0.4, -0.2) is 27.3 Å². The molecule has 0 saturated heterocycles. The normalized spacial score (nSPS) is 16.1. The number of phenols is 1. The zero-order chi connectivity index (χ0) is 20.3. The van der Waals surface area contributed by atoms with E-state index in [1.165, 1.54) is 18.2 Å². The zero-order valence-electron chi connectivity index (χ0n) is 14.6. The summed E-state index contributed by atoms with van der Waals surface area (Å²) in [4.78, 5) is 21.3. The predicted molar refractivity (Wildman–Crippen MR) is 101 cm³/mol. The van der Waals surface area contributed by atoms with E-state index in [9.17, 15) is 24.4 Å². The third kappa shape index (κ3) is 4.17. The van der Waals surface area contributed by atoms with E-state index in [0.717, 1.165) is 11.1 Å². The van der Waals surface area contributed by atoms with Gasteiger partial charge in [-0.15, -0.1) is 0 Å². The number of nitro groups is 1. The molecule has 28 heavy (non-hydrogen) atoms. The largest absolute Gasteiger partial charge is 0.507 e. The van der Waals surface area contributed by atoms with Gasteiger partial charge in [0, 0.05) is 24.7 Å². The number of hydrogen-bond donors (Lipinski definition) is 3. The Morgan fingerprint density at radius 2 is 1.96 bits per heavy atom. The number of rotatable bonds is 6. The van der Waals surface area contributed by atoms with E-state index in [1.54, 1.807) is 24.3 Å². The van der Waals surface area contributed by atoms with Crippen LogP contribution >= 0.6 is 0 Å². The summed E-state index contributed by atoms with van der Waals surface area (Å²) in [6.07, 6.45) is 1.27. The Morgan fingerprint density at radius 3 is 2.61 bits per heavy atom. The lowest BCUT2D eigenvalue weighted by Crippen LogP contribution is -2.15. The average molecular weight is 384 g/mol. The second-order valence-electron chi connectivity index (χ2n) is 6.28. The van der Waals surface area contributed by atoms with E-state index in [0.29, 0.717) is 17.8 Å². The summed E-state index contributed by atoms with van der Waals surface area (Å²) in [6, 6.07) is 11.4. The standard InChI is InChI=1S/C20H17FN2O5/c21-17-7-5-14(9-18(17)23(27)28)13-3-1-12(2-4-13)11-22-15-6-8-19(24)16(10-15)20(25)26/h1-6,8-10,17,22,24H,7,11H2,(H,25,26). The van der Waals surface area contributed by atoms with Crippen molar-refractivity contribution in [3.8, 4) is 5.75 Å². The molecule has 3 N–H and O–H groups in total. The van der Waals surface area contributed by atoms with E-state index < -0.39 is 22.8 Å². The highest BCUT2D eigenvalue weighted by Gasteiger charge is 2.27. The highest BCUT2D eigenvalue weighted by Crippen LogP contribution is 2.28. The summed E-state index contributed by atoms with van der Waals surface area (Å²) in [7, 11) is 0. The summed E-state index contributed by atoms with van der Waals surface area (Å²) >= 11 is 0. The van der Waals surface area contributed by atoms with Crippen LogP contribution in [0.1, 0.15) is 27.9 Å². The third-order valence-corrected chi connectivity index (χ3v) is 4.39. The molecule has 0 aliphatic heterocycles. The van der Waals surface area contributed by atoms with Crippen molar-refractivity contribution in [3.05, 3.63) is 87.1 Å². The molecule has 1 aliphatic carbocycles. The molecule has 0 amide bonds. The number of anilines is 1. The third-order valence-electron chi connectivity index (χ3n) is 4.39. The molecule has 8 heteroatoms. The van der Waals surface area contributed by atoms with Crippen LogP contribution in [0.4, 0.5) is 10.1 Å². The number of carboxylic acids is 1. The van der Waals surface area contributed by atoms with Gasteiger partial charge < -0.3 is 15.5 Å². The van der Waals surface area contributed by atoms with Gasteiger partial charge in [-0.1, -0.05) is 30.3 Å². The molecular weight excluding hydrogens is 367 g/mol. The molecule has 0 heterocycles. The first-order chi connectivity index (χ1) is 13.3. The number of carbonyl (C=O) groups is 1. The predicted octanol–water partition coefficient (Wildman–Crippen LogP) is 3.99. The van der Waals surface area contributed by atoms with Gasteiger partial charge in [0.1, 0.15) is 11.3 Å². The lowest BCUT2D eigenvalue weighted by Gasteiger charge is -2.13. The van der Waals surface area contributed by atoms with Crippen molar-refractivity contribution in [1.82, 2.24) is 0 Å². The number of carboxylic acid groups (broad SMARTS) is 1. The van der Waals surface area contributed by atoms with Gasteiger partial charge in [-0.2, -0.15) is 0 Å². The quantitative estimate of drug-likeness (QED) is 0.394. The van der Waals surface area contributed by atoms with Gasteiger partial charge in [0.25, 0.3) is 5.70 Å². The Hall–Kier alpha value is -3.68. The molecule has 0 radical (unpaired) electrons. The molecule has 7 nitrogen and oxygen atoms in total. The maximum absolute atomic E-state index is 13.6. The number of nitrogens with zero attached hydrogens (tertiary/aromatic N) is 1. The van der Waals surface area contributed by atoms with Crippen LogP contribution in [0.2, 0.25) is 0 Å². The second-order valence-corrected chi connectivity index (χ2v) is 6.28. The fourth-order valence-corrected chi connectivity index (χ4v) is 2.86. The van der Waals surface area contributed by atoms with E-state index >= 15 is 0 Å². The Bertz CT molecular complexity index is 983. The van der Waals surface area contributed by atoms with Crippen LogP contribution in [0, 0.1) is 10.1 Å². The zero-order valence-corrected chi connectivity index (χ0v) is 14.6. The molecule has 1 atom stereocenters. The molecule has 0 aromatic heterocycles. The minimum Gasteiger partial charge on any atom is -0.507 e. The van der Waals surface area contributed by atoms with Crippen molar-refractivity contribution in [3.63, 3.8) is 0 Å². The van der Waals surface area contributed by atoms with Gasteiger partial charge >= 0.3 is 5.97 Å². The van der Waals surface area contributed by atoms with Gasteiger partial charge in [-0.25, -0.2) is 9.18 Å². The van der Waals surface area contributed by atoms with Gasteiger partial charge in [-0.05, 0) is 34.9 Å². The molecule has 2 aromatic rings.